The molecule has 0 bridgehead atoms. The lowest BCUT2D eigenvalue weighted by molar-refractivity contribution is -0.142. The Hall–Kier alpha value is -1.36. The van der Waals surface area contributed by atoms with E-state index in [9.17, 15) is 9.59 Å². The van der Waals surface area contributed by atoms with Gasteiger partial charge in [0.1, 0.15) is 0 Å². The van der Waals surface area contributed by atoms with Crippen LogP contribution in [0, 0.1) is 11.8 Å². The Balaban J connectivity index is 1.84. The van der Waals surface area contributed by atoms with Crippen LogP contribution in [-0.4, -0.2) is 23.5 Å². The number of carbonyl (C=O) groups excluding carboxylic acids is 1. The molecule has 0 aliphatic heterocycles. The summed E-state index contributed by atoms with van der Waals surface area (Å²) in [4.78, 5) is 23.1. The van der Waals surface area contributed by atoms with E-state index in [-0.39, 0.29) is 24.3 Å². The minimum absolute atomic E-state index is 0.0182. The van der Waals surface area contributed by atoms with Crippen LogP contribution in [0.2, 0.25) is 0 Å². The van der Waals surface area contributed by atoms with Crippen LogP contribution in [0.3, 0.4) is 0 Å². The predicted octanol–water partition coefficient (Wildman–Crippen LogP) is 3.17. The van der Waals surface area contributed by atoms with Gasteiger partial charge in [-0.25, -0.2) is 0 Å². The lowest BCUT2D eigenvalue weighted by Crippen LogP contribution is -2.34. The molecule has 1 saturated carbocycles. The van der Waals surface area contributed by atoms with Crippen LogP contribution >= 0.6 is 15.9 Å². The summed E-state index contributed by atoms with van der Waals surface area (Å²) in [5, 5.41) is 11.9. The van der Waals surface area contributed by atoms with Gasteiger partial charge in [-0.2, -0.15) is 0 Å². The van der Waals surface area contributed by atoms with Crippen LogP contribution in [0.25, 0.3) is 0 Å². The number of rotatable bonds is 7. The fourth-order valence-electron chi connectivity index (χ4n) is 2.61. The van der Waals surface area contributed by atoms with Gasteiger partial charge in [0.05, 0.1) is 5.92 Å². The smallest absolute Gasteiger partial charge is 0.308 e. The minimum Gasteiger partial charge on any atom is -0.481 e. The second kappa shape index (κ2) is 7.07. The zero-order chi connectivity index (χ0) is 15.4. The maximum atomic E-state index is 12.1. The molecule has 3 unspecified atom stereocenters. The Morgan fingerprint density at radius 2 is 2.24 bits per heavy atom. The summed E-state index contributed by atoms with van der Waals surface area (Å²) in [7, 11) is 0. The average Bonchev–Trinajstić information content (AvgIpc) is 3.23. The van der Waals surface area contributed by atoms with Crippen LogP contribution in [0.5, 0.6) is 0 Å². The standard InChI is InChI=1S/C16H20BrNO3/c1-2-4-11(16(20)21)9-18-15(19)14-8-13(14)10-5-3-6-12(17)7-10/h3,5-7,11,13-14H,2,4,8-9H2,1H3,(H,18,19)(H,20,21). The molecule has 2 N–H and O–H groups in total. The highest BCUT2D eigenvalue weighted by Gasteiger charge is 2.44. The first kappa shape index (κ1) is 16.0. The van der Waals surface area contributed by atoms with E-state index in [1.807, 2.05) is 31.2 Å². The first-order valence-corrected chi connectivity index (χ1v) is 8.08. The molecule has 3 atom stereocenters. The molecule has 21 heavy (non-hydrogen) atoms. The topological polar surface area (TPSA) is 66.4 Å². The first-order chi connectivity index (χ1) is 10.0. The van der Waals surface area contributed by atoms with E-state index in [1.54, 1.807) is 0 Å². The number of halogens is 1. The second-order valence-electron chi connectivity index (χ2n) is 5.57. The number of carbonyl (C=O) groups is 2. The van der Waals surface area contributed by atoms with Gasteiger partial charge in [0.15, 0.2) is 0 Å². The molecule has 0 aromatic heterocycles. The molecular formula is C16H20BrNO3. The fourth-order valence-corrected chi connectivity index (χ4v) is 3.02. The van der Waals surface area contributed by atoms with E-state index in [0.29, 0.717) is 6.42 Å². The maximum absolute atomic E-state index is 12.1. The van der Waals surface area contributed by atoms with E-state index in [1.165, 1.54) is 0 Å². The van der Waals surface area contributed by atoms with E-state index in [2.05, 4.69) is 21.2 Å². The summed E-state index contributed by atoms with van der Waals surface area (Å²) in [5.74, 6) is -1.10. The van der Waals surface area contributed by atoms with Gasteiger partial charge in [-0.3, -0.25) is 9.59 Å². The summed E-state index contributed by atoms with van der Waals surface area (Å²) >= 11 is 3.43. The number of carboxylic acids is 1. The summed E-state index contributed by atoms with van der Waals surface area (Å²) in [6, 6.07) is 7.99. The molecule has 1 amide bonds. The minimum atomic E-state index is -0.837. The number of amides is 1. The van der Waals surface area contributed by atoms with Crippen LogP contribution in [0.15, 0.2) is 28.7 Å². The molecule has 1 aromatic carbocycles. The third-order valence-electron chi connectivity index (χ3n) is 3.91. The molecule has 0 heterocycles. The average molecular weight is 354 g/mol. The number of hydrogen-bond donors (Lipinski definition) is 2. The van der Waals surface area contributed by atoms with E-state index in [4.69, 9.17) is 5.11 Å². The first-order valence-electron chi connectivity index (χ1n) is 7.29. The molecule has 5 heteroatoms. The molecule has 1 aliphatic carbocycles. The lowest BCUT2D eigenvalue weighted by Gasteiger charge is -2.12. The highest BCUT2D eigenvalue weighted by atomic mass is 79.9. The van der Waals surface area contributed by atoms with Crippen molar-refractivity contribution in [2.75, 3.05) is 6.54 Å². The third kappa shape index (κ3) is 4.30. The third-order valence-corrected chi connectivity index (χ3v) is 4.41. The highest BCUT2D eigenvalue weighted by Crippen LogP contribution is 2.47. The van der Waals surface area contributed by atoms with Crippen molar-refractivity contribution in [3.05, 3.63) is 34.3 Å². The van der Waals surface area contributed by atoms with Crippen molar-refractivity contribution in [2.24, 2.45) is 11.8 Å². The van der Waals surface area contributed by atoms with Gasteiger partial charge in [0.25, 0.3) is 0 Å². The monoisotopic (exact) mass is 353 g/mol. The Kier molecular flexibility index (Phi) is 5.39. The van der Waals surface area contributed by atoms with Crippen molar-refractivity contribution in [2.45, 2.75) is 32.1 Å². The molecule has 1 aromatic rings. The molecule has 1 aliphatic rings. The molecule has 1 fully saturated rings. The van der Waals surface area contributed by atoms with Crippen LogP contribution in [0.4, 0.5) is 0 Å². The summed E-state index contributed by atoms with van der Waals surface area (Å²) < 4.78 is 1.01. The fraction of sp³-hybridized carbons (Fsp3) is 0.500. The maximum Gasteiger partial charge on any atom is 0.308 e. The van der Waals surface area contributed by atoms with E-state index >= 15 is 0 Å². The van der Waals surface area contributed by atoms with Crippen LogP contribution < -0.4 is 5.32 Å². The molecular weight excluding hydrogens is 334 g/mol. The van der Waals surface area contributed by atoms with Crippen molar-refractivity contribution in [1.82, 2.24) is 5.32 Å². The predicted molar refractivity (Wildman–Crippen MR) is 84.0 cm³/mol. The number of nitrogens with one attached hydrogen (secondary N) is 1. The Morgan fingerprint density at radius 1 is 1.48 bits per heavy atom. The molecule has 0 spiro atoms. The quantitative estimate of drug-likeness (QED) is 0.790. The van der Waals surface area contributed by atoms with Gasteiger partial charge in [-0.15, -0.1) is 0 Å². The zero-order valence-corrected chi connectivity index (χ0v) is 13.6. The van der Waals surface area contributed by atoms with Crippen molar-refractivity contribution in [1.29, 1.82) is 0 Å². The van der Waals surface area contributed by atoms with Crippen LogP contribution in [0.1, 0.15) is 37.7 Å². The van der Waals surface area contributed by atoms with Gasteiger partial charge >= 0.3 is 5.97 Å². The SMILES string of the molecule is CCCC(CNC(=O)C1CC1c1cccc(Br)c1)C(=O)O. The zero-order valence-electron chi connectivity index (χ0n) is 12.0. The van der Waals surface area contributed by atoms with E-state index in [0.717, 1.165) is 22.9 Å². The van der Waals surface area contributed by atoms with Gasteiger partial charge < -0.3 is 10.4 Å². The summed E-state index contributed by atoms with van der Waals surface area (Å²) in [6.45, 7) is 2.17. The Labute approximate surface area is 133 Å². The highest BCUT2D eigenvalue weighted by molar-refractivity contribution is 9.10. The number of carboxylic acid groups (broad SMARTS) is 1. The van der Waals surface area contributed by atoms with Gasteiger partial charge in [-0.05, 0) is 36.5 Å². The van der Waals surface area contributed by atoms with Crippen molar-refractivity contribution >= 4 is 27.8 Å². The number of hydrogen-bond acceptors (Lipinski definition) is 2. The Morgan fingerprint density at radius 3 is 2.86 bits per heavy atom. The van der Waals surface area contributed by atoms with Crippen molar-refractivity contribution < 1.29 is 14.7 Å². The van der Waals surface area contributed by atoms with Gasteiger partial charge in [0, 0.05) is 16.9 Å². The second-order valence-corrected chi connectivity index (χ2v) is 6.49. The summed E-state index contributed by atoms with van der Waals surface area (Å²) in [6.07, 6.45) is 2.24. The van der Waals surface area contributed by atoms with Gasteiger partial charge in [0.2, 0.25) is 5.91 Å². The largest absolute Gasteiger partial charge is 0.481 e. The number of aliphatic carboxylic acids is 1. The molecule has 0 saturated heterocycles. The molecule has 0 radical (unpaired) electrons. The van der Waals surface area contributed by atoms with Crippen LogP contribution in [-0.2, 0) is 9.59 Å². The van der Waals surface area contributed by atoms with Crippen molar-refractivity contribution in [3.63, 3.8) is 0 Å². The Bertz CT molecular complexity index is 532. The molecule has 114 valence electrons. The number of benzene rings is 1. The van der Waals surface area contributed by atoms with Gasteiger partial charge in [-0.1, -0.05) is 41.4 Å². The normalized spacial score (nSPS) is 21.6. The molecule has 2 rings (SSSR count). The van der Waals surface area contributed by atoms with Crippen molar-refractivity contribution in [3.8, 4) is 0 Å². The van der Waals surface area contributed by atoms with E-state index < -0.39 is 11.9 Å². The molecule has 4 nitrogen and oxygen atoms in total. The lowest BCUT2D eigenvalue weighted by atomic mass is 10.0. The summed E-state index contributed by atoms with van der Waals surface area (Å²) in [5.41, 5.74) is 1.16.